The third-order valence-corrected chi connectivity index (χ3v) is 5.01. The first kappa shape index (κ1) is 18.8. The summed E-state index contributed by atoms with van der Waals surface area (Å²) in [5.74, 6) is 1.68. The molecule has 7 nitrogen and oxygen atoms in total. The average molecular weight is 380 g/mol. The molecule has 3 heterocycles. The van der Waals surface area contributed by atoms with E-state index in [0.717, 1.165) is 56.7 Å². The summed E-state index contributed by atoms with van der Waals surface area (Å²) in [5, 5.41) is 16.7. The van der Waals surface area contributed by atoms with Crippen molar-refractivity contribution >= 4 is 11.5 Å². The number of hydrogen-bond acceptors (Lipinski definition) is 6. The van der Waals surface area contributed by atoms with Gasteiger partial charge in [0.15, 0.2) is 11.5 Å². The zero-order chi connectivity index (χ0) is 19.6. The Morgan fingerprint density at radius 3 is 2.50 bits per heavy atom. The van der Waals surface area contributed by atoms with Crippen LogP contribution in [0.15, 0.2) is 36.4 Å². The van der Waals surface area contributed by atoms with E-state index in [2.05, 4.69) is 65.5 Å². The Kier molecular flexibility index (Phi) is 5.28. The second kappa shape index (κ2) is 7.85. The summed E-state index contributed by atoms with van der Waals surface area (Å²) >= 11 is 0. The van der Waals surface area contributed by atoms with E-state index in [1.807, 2.05) is 16.6 Å². The van der Waals surface area contributed by atoms with E-state index < -0.39 is 0 Å². The predicted octanol–water partition coefficient (Wildman–Crippen LogP) is 2.87. The molecule has 1 fully saturated rings. The van der Waals surface area contributed by atoms with Crippen molar-refractivity contribution in [2.75, 3.05) is 31.6 Å². The minimum atomic E-state index is -0.115. The molecule has 1 aliphatic heterocycles. The Morgan fingerprint density at radius 2 is 1.75 bits per heavy atom. The minimum absolute atomic E-state index is 0.115. The second-order valence-electron chi connectivity index (χ2n) is 8.27. The van der Waals surface area contributed by atoms with Gasteiger partial charge in [-0.1, -0.05) is 45.0 Å². The number of nitrogens with one attached hydrogen (secondary N) is 1. The molecule has 0 spiro atoms. The van der Waals surface area contributed by atoms with Crippen molar-refractivity contribution in [2.24, 2.45) is 0 Å². The van der Waals surface area contributed by atoms with Gasteiger partial charge in [0.1, 0.15) is 5.82 Å². The van der Waals surface area contributed by atoms with E-state index in [0.29, 0.717) is 0 Å². The highest BCUT2D eigenvalue weighted by molar-refractivity contribution is 5.45. The number of hydrogen-bond donors (Lipinski definition) is 1. The number of anilines is 1. The third kappa shape index (κ3) is 4.15. The molecule has 0 bridgehead atoms. The molecule has 7 heteroatoms. The Labute approximate surface area is 165 Å². The Morgan fingerprint density at radius 1 is 1.00 bits per heavy atom. The van der Waals surface area contributed by atoms with Gasteiger partial charge < -0.3 is 10.1 Å². The van der Waals surface area contributed by atoms with Gasteiger partial charge >= 0.3 is 0 Å². The number of nitrogens with zero attached hydrogens (tertiary/aromatic N) is 5. The van der Waals surface area contributed by atoms with E-state index in [1.165, 1.54) is 11.1 Å². The summed E-state index contributed by atoms with van der Waals surface area (Å²) in [6, 6.07) is 12.5. The maximum atomic E-state index is 5.46. The number of benzene rings is 1. The fourth-order valence-electron chi connectivity index (χ4n) is 3.42. The minimum Gasteiger partial charge on any atom is -0.379 e. The lowest BCUT2D eigenvalue weighted by Crippen LogP contribution is -2.35. The lowest BCUT2D eigenvalue weighted by Gasteiger charge is -2.27. The summed E-state index contributed by atoms with van der Waals surface area (Å²) in [6.45, 7) is 11.7. The summed E-state index contributed by atoms with van der Waals surface area (Å²) in [6.07, 6.45) is 0. The Balaban J connectivity index is 1.50. The van der Waals surface area contributed by atoms with Gasteiger partial charge in [0.25, 0.3) is 0 Å². The lowest BCUT2D eigenvalue weighted by atomic mass is 9.96. The van der Waals surface area contributed by atoms with Gasteiger partial charge in [-0.2, -0.15) is 4.52 Å². The van der Waals surface area contributed by atoms with Crippen molar-refractivity contribution in [1.29, 1.82) is 0 Å². The molecule has 0 unspecified atom stereocenters. The molecule has 0 radical (unpaired) electrons. The van der Waals surface area contributed by atoms with E-state index in [4.69, 9.17) is 9.84 Å². The Hall–Kier alpha value is -2.51. The standard InChI is InChI=1S/C21H28N6O/c1-21(2,3)20-24-23-19-9-8-18(25-27(19)20)22-14-16-6-4-5-7-17(16)15-26-10-12-28-13-11-26/h4-9H,10-15H2,1-3H3,(H,22,25). The van der Waals surface area contributed by atoms with Crippen LogP contribution in [-0.4, -0.2) is 51.0 Å². The quantitative estimate of drug-likeness (QED) is 0.734. The van der Waals surface area contributed by atoms with Crippen LogP contribution in [0.3, 0.4) is 0 Å². The number of morpholine rings is 1. The molecule has 28 heavy (non-hydrogen) atoms. The first-order valence-corrected chi connectivity index (χ1v) is 9.84. The third-order valence-electron chi connectivity index (χ3n) is 5.01. The first-order valence-electron chi connectivity index (χ1n) is 9.84. The van der Waals surface area contributed by atoms with Crippen LogP contribution >= 0.6 is 0 Å². The zero-order valence-corrected chi connectivity index (χ0v) is 16.9. The largest absolute Gasteiger partial charge is 0.379 e. The molecule has 2 aromatic heterocycles. The van der Waals surface area contributed by atoms with Crippen molar-refractivity contribution < 1.29 is 4.74 Å². The van der Waals surface area contributed by atoms with Crippen LogP contribution in [0, 0.1) is 0 Å². The molecular formula is C21H28N6O. The molecule has 1 aromatic carbocycles. The molecule has 0 amide bonds. The van der Waals surface area contributed by atoms with Gasteiger partial charge in [-0.25, -0.2) is 0 Å². The van der Waals surface area contributed by atoms with Crippen molar-refractivity contribution in [2.45, 2.75) is 39.3 Å². The van der Waals surface area contributed by atoms with Crippen LogP contribution in [-0.2, 0) is 23.2 Å². The van der Waals surface area contributed by atoms with Crippen molar-refractivity contribution in [3.63, 3.8) is 0 Å². The van der Waals surface area contributed by atoms with Crippen LogP contribution in [0.1, 0.15) is 37.7 Å². The molecule has 1 N–H and O–H groups in total. The number of ether oxygens (including phenoxy) is 1. The van der Waals surface area contributed by atoms with Crippen LogP contribution in [0.25, 0.3) is 5.65 Å². The number of aromatic nitrogens is 4. The van der Waals surface area contributed by atoms with Gasteiger partial charge in [0.2, 0.25) is 0 Å². The Bertz CT molecular complexity index is 939. The van der Waals surface area contributed by atoms with E-state index in [-0.39, 0.29) is 5.41 Å². The van der Waals surface area contributed by atoms with Crippen molar-refractivity contribution in [3.8, 4) is 0 Å². The van der Waals surface area contributed by atoms with Gasteiger partial charge in [0, 0.05) is 31.6 Å². The van der Waals surface area contributed by atoms with Gasteiger partial charge in [-0.3, -0.25) is 4.90 Å². The monoisotopic (exact) mass is 380 g/mol. The lowest BCUT2D eigenvalue weighted by molar-refractivity contribution is 0.0341. The van der Waals surface area contributed by atoms with Crippen molar-refractivity contribution in [1.82, 2.24) is 24.7 Å². The van der Waals surface area contributed by atoms with Gasteiger partial charge in [-0.15, -0.1) is 15.3 Å². The highest BCUT2D eigenvalue weighted by atomic mass is 16.5. The number of fused-ring (bicyclic) bond motifs is 1. The molecule has 4 rings (SSSR count). The maximum Gasteiger partial charge on any atom is 0.178 e. The molecule has 3 aromatic rings. The molecule has 1 saturated heterocycles. The average Bonchev–Trinajstić information content (AvgIpc) is 3.12. The van der Waals surface area contributed by atoms with E-state index >= 15 is 0 Å². The summed E-state index contributed by atoms with van der Waals surface area (Å²) < 4.78 is 7.30. The smallest absolute Gasteiger partial charge is 0.178 e. The fourth-order valence-corrected chi connectivity index (χ4v) is 3.42. The van der Waals surface area contributed by atoms with Gasteiger partial charge in [0.05, 0.1) is 13.2 Å². The molecular weight excluding hydrogens is 352 g/mol. The van der Waals surface area contributed by atoms with Crippen molar-refractivity contribution in [3.05, 3.63) is 53.3 Å². The molecule has 148 valence electrons. The van der Waals surface area contributed by atoms with E-state index in [1.54, 1.807) is 0 Å². The predicted molar refractivity (Wildman–Crippen MR) is 109 cm³/mol. The zero-order valence-electron chi connectivity index (χ0n) is 16.9. The summed E-state index contributed by atoms with van der Waals surface area (Å²) in [5.41, 5.74) is 3.28. The van der Waals surface area contributed by atoms with Crippen LogP contribution in [0.4, 0.5) is 5.82 Å². The van der Waals surface area contributed by atoms with Crippen LogP contribution < -0.4 is 5.32 Å². The SMILES string of the molecule is CC(C)(C)c1nnc2ccc(NCc3ccccc3CN3CCOCC3)nn12. The normalized spacial score (nSPS) is 15.8. The molecule has 0 saturated carbocycles. The van der Waals surface area contributed by atoms with Crippen LogP contribution in [0.2, 0.25) is 0 Å². The summed E-state index contributed by atoms with van der Waals surface area (Å²) in [4.78, 5) is 2.44. The fraction of sp³-hybridized carbons (Fsp3) is 0.476. The highest BCUT2D eigenvalue weighted by Crippen LogP contribution is 2.21. The summed E-state index contributed by atoms with van der Waals surface area (Å²) in [7, 11) is 0. The first-order chi connectivity index (χ1) is 13.5. The maximum absolute atomic E-state index is 5.46. The molecule has 0 aliphatic carbocycles. The topological polar surface area (TPSA) is 67.6 Å². The van der Waals surface area contributed by atoms with Gasteiger partial charge in [-0.05, 0) is 23.3 Å². The number of rotatable bonds is 5. The second-order valence-corrected chi connectivity index (χ2v) is 8.27. The molecule has 1 aliphatic rings. The van der Waals surface area contributed by atoms with Crippen LogP contribution in [0.5, 0.6) is 0 Å². The molecule has 0 atom stereocenters. The highest BCUT2D eigenvalue weighted by Gasteiger charge is 2.22. The van der Waals surface area contributed by atoms with E-state index in [9.17, 15) is 0 Å².